The van der Waals surface area contributed by atoms with Gasteiger partial charge in [0.25, 0.3) is 0 Å². The average molecular weight is 499 g/mol. The molecule has 0 aliphatic carbocycles. The maximum Gasteiger partial charge on any atom is 0.435 e. The van der Waals surface area contributed by atoms with Gasteiger partial charge in [0.15, 0.2) is 5.69 Å². The van der Waals surface area contributed by atoms with E-state index in [1.165, 1.54) is 18.2 Å². The quantitative estimate of drug-likeness (QED) is 0.296. The predicted octanol–water partition coefficient (Wildman–Crippen LogP) is 5.50. The Kier molecular flexibility index (Phi) is 8.46. The van der Waals surface area contributed by atoms with Crippen molar-refractivity contribution in [3.63, 3.8) is 0 Å². The average Bonchev–Trinajstić information content (AvgIpc) is 3.23. The van der Waals surface area contributed by atoms with E-state index in [4.69, 9.17) is 21.4 Å². The highest BCUT2D eigenvalue weighted by molar-refractivity contribution is 6.30. The fraction of sp³-hybridized carbons (Fsp3) is 0.333. The number of aliphatic hydroxyl groups excluding tert-OH is 1. The number of hydrogen-bond donors (Lipinski definition) is 1. The minimum absolute atomic E-state index is 0.00827. The van der Waals surface area contributed by atoms with Gasteiger partial charge in [-0.1, -0.05) is 36.7 Å². The van der Waals surface area contributed by atoms with E-state index in [1.807, 2.05) is 0 Å². The first kappa shape index (κ1) is 25.9. The lowest BCUT2D eigenvalue weighted by atomic mass is 9.93. The lowest BCUT2D eigenvalue weighted by Gasteiger charge is -2.13. The first-order chi connectivity index (χ1) is 16.1. The molecule has 0 fully saturated rings. The van der Waals surface area contributed by atoms with E-state index in [9.17, 15) is 22.4 Å². The van der Waals surface area contributed by atoms with E-state index in [2.05, 4.69) is 5.10 Å². The normalized spacial score (nSPS) is 12.7. The number of nitrogens with zero attached hydrogens (tertiary/aromatic N) is 2. The molecule has 0 aliphatic rings. The molecule has 1 heterocycles. The van der Waals surface area contributed by atoms with Crippen LogP contribution in [0.1, 0.15) is 41.8 Å². The molecule has 0 bridgehead atoms. The van der Waals surface area contributed by atoms with Gasteiger partial charge in [0.1, 0.15) is 11.6 Å². The van der Waals surface area contributed by atoms with Crippen LogP contribution in [0.2, 0.25) is 5.02 Å². The fourth-order valence-corrected chi connectivity index (χ4v) is 3.60. The van der Waals surface area contributed by atoms with Crippen LogP contribution in [0, 0.1) is 5.82 Å². The van der Waals surface area contributed by atoms with Crippen LogP contribution in [0.5, 0.6) is 0 Å². The second-order valence-corrected chi connectivity index (χ2v) is 8.16. The number of alkyl halides is 3. The molecule has 0 aliphatic heterocycles. The van der Waals surface area contributed by atoms with Crippen molar-refractivity contribution in [3.05, 3.63) is 81.9 Å². The molecular weight excluding hydrogens is 476 g/mol. The molecule has 182 valence electrons. The number of Topliss-reactive ketones (excluding diaryl/α,β-unsaturated/α-hetero) is 1. The molecule has 0 amide bonds. The summed E-state index contributed by atoms with van der Waals surface area (Å²) in [6, 6.07) is 11.5. The summed E-state index contributed by atoms with van der Waals surface area (Å²) in [5.74, 6) is -1.45. The van der Waals surface area contributed by atoms with Gasteiger partial charge in [-0.15, -0.1) is 0 Å². The Morgan fingerprint density at radius 3 is 2.62 bits per heavy atom. The topological polar surface area (TPSA) is 64.4 Å². The van der Waals surface area contributed by atoms with Gasteiger partial charge in [-0.3, -0.25) is 4.79 Å². The maximum absolute atomic E-state index is 14.4. The predicted molar refractivity (Wildman–Crippen MR) is 118 cm³/mol. The zero-order valence-electron chi connectivity index (χ0n) is 18.3. The van der Waals surface area contributed by atoms with Crippen LogP contribution >= 0.6 is 11.6 Å². The third-order valence-corrected chi connectivity index (χ3v) is 5.54. The van der Waals surface area contributed by atoms with Crippen LogP contribution in [0.3, 0.4) is 0 Å². The second-order valence-electron chi connectivity index (χ2n) is 7.73. The Bertz CT molecular complexity index is 1150. The minimum atomic E-state index is -4.64. The molecule has 0 saturated carbocycles. The van der Waals surface area contributed by atoms with Gasteiger partial charge < -0.3 is 9.84 Å². The Hall–Kier alpha value is -2.75. The van der Waals surface area contributed by atoms with Gasteiger partial charge >= 0.3 is 6.18 Å². The summed E-state index contributed by atoms with van der Waals surface area (Å²) in [6.45, 7) is 1.52. The summed E-state index contributed by atoms with van der Waals surface area (Å²) in [5, 5.41) is 12.7. The number of aliphatic hydroxyl groups is 1. The molecule has 0 saturated heterocycles. The number of ether oxygens (including phenoxy) is 1. The molecule has 5 nitrogen and oxygen atoms in total. The number of carbonyl (C=O) groups excluding carboxylic acids is 1. The van der Waals surface area contributed by atoms with Gasteiger partial charge in [-0.05, 0) is 42.3 Å². The largest absolute Gasteiger partial charge is 0.435 e. The summed E-state index contributed by atoms with van der Waals surface area (Å²) < 4.78 is 60.4. The Labute approximate surface area is 198 Å². The van der Waals surface area contributed by atoms with E-state index in [-0.39, 0.29) is 44.1 Å². The van der Waals surface area contributed by atoms with Crippen LogP contribution in [0.4, 0.5) is 17.6 Å². The number of aryl methyl sites for hydroxylation is 1. The molecule has 3 rings (SSSR count). The smallest absolute Gasteiger partial charge is 0.394 e. The van der Waals surface area contributed by atoms with Crippen LogP contribution < -0.4 is 0 Å². The van der Waals surface area contributed by atoms with Crippen molar-refractivity contribution in [2.45, 2.75) is 38.5 Å². The van der Waals surface area contributed by atoms with E-state index < -0.39 is 23.6 Å². The Balaban J connectivity index is 1.75. The third-order valence-electron chi connectivity index (χ3n) is 5.31. The highest BCUT2D eigenvalue weighted by atomic mass is 35.5. The van der Waals surface area contributed by atoms with Gasteiger partial charge in [0, 0.05) is 28.6 Å². The lowest BCUT2D eigenvalue weighted by molar-refractivity contribution is -0.141. The Morgan fingerprint density at radius 2 is 1.97 bits per heavy atom. The number of ketones is 1. The minimum Gasteiger partial charge on any atom is -0.394 e. The molecule has 2 aromatic carbocycles. The zero-order chi connectivity index (χ0) is 24.9. The monoisotopic (exact) mass is 498 g/mol. The molecule has 1 unspecified atom stereocenters. The third kappa shape index (κ3) is 6.43. The van der Waals surface area contributed by atoms with Crippen LogP contribution in [0.15, 0.2) is 48.5 Å². The van der Waals surface area contributed by atoms with Crippen molar-refractivity contribution in [1.29, 1.82) is 0 Å². The van der Waals surface area contributed by atoms with E-state index in [0.29, 0.717) is 21.8 Å². The summed E-state index contributed by atoms with van der Waals surface area (Å²) in [5.41, 5.74) is 0.232. The second kappa shape index (κ2) is 11.1. The lowest BCUT2D eigenvalue weighted by Crippen LogP contribution is -2.12. The fourth-order valence-electron chi connectivity index (χ4n) is 3.42. The summed E-state index contributed by atoms with van der Waals surface area (Å²) >= 11 is 5.97. The molecule has 3 aromatic rings. The van der Waals surface area contributed by atoms with E-state index in [0.717, 1.165) is 10.7 Å². The van der Waals surface area contributed by atoms with Crippen molar-refractivity contribution in [2.24, 2.45) is 0 Å². The van der Waals surface area contributed by atoms with Gasteiger partial charge in [0.2, 0.25) is 0 Å². The first-order valence-corrected chi connectivity index (χ1v) is 10.9. The van der Waals surface area contributed by atoms with Crippen LogP contribution in [0.25, 0.3) is 5.69 Å². The van der Waals surface area contributed by atoms with Crippen molar-refractivity contribution in [1.82, 2.24) is 9.78 Å². The van der Waals surface area contributed by atoms with E-state index in [1.54, 1.807) is 31.2 Å². The zero-order valence-corrected chi connectivity index (χ0v) is 19.0. The number of rotatable bonds is 10. The molecule has 0 spiro atoms. The van der Waals surface area contributed by atoms with Crippen LogP contribution in [-0.2, 0) is 28.7 Å². The summed E-state index contributed by atoms with van der Waals surface area (Å²) in [7, 11) is 0. The van der Waals surface area contributed by atoms with Gasteiger partial charge in [-0.25, -0.2) is 9.07 Å². The number of hydrogen-bond acceptors (Lipinski definition) is 4. The Morgan fingerprint density at radius 1 is 1.21 bits per heavy atom. The number of benzene rings is 2. The molecular formula is C24H23ClF4N2O3. The standard InChI is InChI=1S/C24H23ClF4N2O3/c1-15(16-5-6-17(21(26)11-16)14-34-10-9-32)22(33)8-7-20-13-23(24(27,28)29)30-31(20)19-4-2-3-18(25)12-19/h2-6,11-13,15,32H,7-10,14H2,1H3. The summed E-state index contributed by atoms with van der Waals surface area (Å²) in [4.78, 5) is 12.8. The molecule has 34 heavy (non-hydrogen) atoms. The molecule has 0 radical (unpaired) electrons. The van der Waals surface area contributed by atoms with Crippen LogP contribution in [-0.4, -0.2) is 33.9 Å². The highest BCUT2D eigenvalue weighted by Crippen LogP contribution is 2.31. The van der Waals surface area contributed by atoms with Crippen molar-refractivity contribution in [3.8, 4) is 5.69 Å². The SMILES string of the molecule is CC(C(=O)CCc1cc(C(F)(F)F)nn1-c1cccc(Cl)c1)c1ccc(COCCO)c(F)c1. The number of carbonyl (C=O) groups is 1. The van der Waals surface area contributed by atoms with Crippen molar-refractivity contribution in [2.75, 3.05) is 13.2 Å². The van der Waals surface area contributed by atoms with Gasteiger partial charge in [0.05, 0.1) is 25.5 Å². The first-order valence-electron chi connectivity index (χ1n) is 10.5. The van der Waals surface area contributed by atoms with Crippen molar-refractivity contribution < 1.29 is 32.2 Å². The molecule has 10 heteroatoms. The van der Waals surface area contributed by atoms with E-state index >= 15 is 0 Å². The molecule has 1 atom stereocenters. The van der Waals surface area contributed by atoms with Gasteiger partial charge in [-0.2, -0.15) is 18.3 Å². The number of aromatic nitrogens is 2. The number of halogens is 5. The molecule has 1 N–H and O–H groups in total. The maximum atomic E-state index is 14.4. The molecule has 1 aromatic heterocycles. The van der Waals surface area contributed by atoms with Crippen molar-refractivity contribution >= 4 is 17.4 Å². The summed E-state index contributed by atoms with van der Waals surface area (Å²) in [6.07, 6.45) is -4.70. The highest BCUT2D eigenvalue weighted by Gasteiger charge is 2.35.